The van der Waals surface area contributed by atoms with Gasteiger partial charge in [-0.3, -0.25) is 0 Å². The Kier molecular flexibility index (Phi) is 9.06. The smallest absolute Gasteiger partial charge is 0.426 e. The lowest BCUT2D eigenvalue weighted by atomic mass is 10.4. The molecule has 0 aliphatic carbocycles. The van der Waals surface area contributed by atoms with E-state index in [0.717, 1.165) is 39.8 Å². The third-order valence-corrected chi connectivity index (χ3v) is 5.13. The summed E-state index contributed by atoms with van der Waals surface area (Å²) in [5.74, 6) is -0.182. The first kappa shape index (κ1) is 21.6. The van der Waals surface area contributed by atoms with Crippen LogP contribution in [0.15, 0.2) is 12.3 Å². The van der Waals surface area contributed by atoms with Crippen LogP contribution in [0.4, 0.5) is 9.59 Å². The molecule has 0 N–H and O–H groups in total. The molecule has 1 atom stereocenters. The van der Waals surface area contributed by atoms with Crippen molar-refractivity contribution in [2.24, 2.45) is 0 Å². The van der Waals surface area contributed by atoms with Crippen LogP contribution >= 0.6 is 12.1 Å². The third kappa shape index (κ3) is 8.12. The van der Waals surface area contributed by atoms with E-state index in [1.165, 1.54) is 21.0 Å². The van der Waals surface area contributed by atoms with Crippen LogP contribution in [0, 0.1) is 0 Å². The molecule has 0 aromatic carbocycles. The van der Waals surface area contributed by atoms with E-state index in [0.29, 0.717) is 6.61 Å². The summed E-state index contributed by atoms with van der Waals surface area (Å²) >= 11 is 0.762. The molecule has 1 unspecified atom stereocenters. The summed E-state index contributed by atoms with van der Waals surface area (Å²) < 4.78 is 34.8. The van der Waals surface area contributed by atoms with E-state index in [2.05, 4.69) is 6.58 Å². The van der Waals surface area contributed by atoms with E-state index in [1.54, 1.807) is 0 Å². The van der Waals surface area contributed by atoms with Gasteiger partial charge in [-0.1, -0.05) is 19.9 Å². The summed E-state index contributed by atoms with van der Waals surface area (Å²) in [7, 11) is -0.592. The molecule has 10 heteroatoms. The van der Waals surface area contributed by atoms with Crippen molar-refractivity contribution in [3.63, 3.8) is 0 Å². The SMILES string of the molecule is C=C(OC(=O)N(C)SN(C)C(=O)OCCCC)C(C)S(C)(=O)=O. The first-order valence-corrected chi connectivity index (χ1v) is 9.60. The number of unbranched alkanes of at least 4 members (excludes halogenated alkanes) is 1. The lowest BCUT2D eigenvalue weighted by molar-refractivity contribution is 0.130. The van der Waals surface area contributed by atoms with Gasteiger partial charge >= 0.3 is 12.2 Å². The molecule has 0 aromatic rings. The van der Waals surface area contributed by atoms with E-state index >= 15 is 0 Å². The quantitative estimate of drug-likeness (QED) is 0.369. The first-order valence-electron chi connectivity index (χ1n) is 6.92. The van der Waals surface area contributed by atoms with Gasteiger partial charge in [0.25, 0.3) is 0 Å². The first-order chi connectivity index (χ1) is 10.5. The summed E-state index contributed by atoms with van der Waals surface area (Å²) in [6.07, 6.45) is 1.24. The number of rotatable bonds is 8. The molecule has 0 spiro atoms. The van der Waals surface area contributed by atoms with Crippen molar-refractivity contribution in [1.82, 2.24) is 8.61 Å². The van der Waals surface area contributed by atoms with Gasteiger partial charge < -0.3 is 9.47 Å². The number of nitrogens with zero attached hydrogens (tertiary/aromatic N) is 2. The van der Waals surface area contributed by atoms with Crippen molar-refractivity contribution in [2.75, 3.05) is 27.0 Å². The summed E-state index contributed by atoms with van der Waals surface area (Å²) in [5, 5.41) is -1.01. The molecule has 23 heavy (non-hydrogen) atoms. The molecule has 0 heterocycles. The van der Waals surface area contributed by atoms with Crippen LogP contribution in [0.5, 0.6) is 0 Å². The summed E-state index contributed by atoms with van der Waals surface area (Å²) in [6, 6.07) is 0. The summed E-state index contributed by atoms with van der Waals surface area (Å²) in [6.45, 7) is 7.09. The predicted molar refractivity (Wildman–Crippen MR) is 89.3 cm³/mol. The van der Waals surface area contributed by atoms with E-state index in [4.69, 9.17) is 9.47 Å². The Bertz CT molecular complexity index is 535. The van der Waals surface area contributed by atoms with Crippen molar-refractivity contribution in [3.8, 4) is 0 Å². The highest BCUT2D eigenvalue weighted by Gasteiger charge is 2.25. The monoisotopic (exact) mass is 368 g/mol. The normalized spacial score (nSPS) is 12.2. The number of carbonyl (C=O) groups is 2. The van der Waals surface area contributed by atoms with Crippen LogP contribution in [-0.2, 0) is 19.3 Å². The van der Waals surface area contributed by atoms with Crippen molar-refractivity contribution in [3.05, 3.63) is 12.3 Å². The highest BCUT2D eigenvalue weighted by molar-refractivity contribution is 7.95. The Balaban J connectivity index is 4.45. The molecule has 0 saturated heterocycles. The molecule has 134 valence electrons. The molecule has 8 nitrogen and oxygen atoms in total. The van der Waals surface area contributed by atoms with Gasteiger partial charge in [0.1, 0.15) is 11.0 Å². The van der Waals surface area contributed by atoms with Crippen molar-refractivity contribution < 1.29 is 27.5 Å². The van der Waals surface area contributed by atoms with Crippen LogP contribution in [0.2, 0.25) is 0 Å². The fourth-order valence-electron chi connectivity index (χ4n) is 1.14. The third-order valence-electron chi connectivity index (χ3n) is 2.80. The molecule has 0 saturated carbocycles. The van der Waals surface area contributed by atoms with Gasteiger partial charge in [-0.15, -0.1) is 0 Å². The van der Waals surface area contributed by atoms with E-state index < -0.39 is 27.3 Å². The molecule has 0 fully saturated rings. The maximum atomic E-state index is 11.9. The highest BCUT2D eigenvalue weighted by Crippen LogP contribution is 2.18. The maximum absolute atomic E-state index is 11.9. The number of sulfone groups is 1. The van der Waals surface area contributed by atoms with E-state index in [-0.39, 0.29) is 5.76 Å². The van der Waals surface area contributed by atoms with Crippen LogP contribution in [0.25, 0.3) is 0 Å². The lowest BCUT2D eigenvalue weighted by Crippen LogP contribution is -2.31. The minimum atomic E-state index is -3.41. The fraction of sp³-hybridized carbons (Fsp3) is 0.692. The Labute approximate surface area is 142 Å². The minimum Gasteiger partial charge on any atom is -0.449 e. The number of ether oxygens (including phenoxy) is 2. The molecular weight excluding hydrogens is 344 g/mol. The summed E-state index contributed by atoms with van der Waals surface area (Å²) in [4.78, 5) is 23.5. The predicted octanol–water partition coefficient (Wildman–Crippen LogP) is 2.43. The van der Waals surface area contributed by atoms with Crippen molar-refractivity contribution in [2.45, 2.75) is 31.9 Å². The Morgan fingerprint density at radius 3 is 2.22 bits per heavy atom. The van der Waals surface area contributed by atoms with Gasteiger partial charge in [-0.05, 0) is 13.3 Å². The zero-order valence-electron chi connectivity index (χ0n) is 14.1. The molecule has 2 amide bonds. The Morgan fingerprint density at radius 1 is 1.22 bits per heavy atom. The van der Waals surface area contributed by atoms with Crippen molar-refractivity contribution in [1.29, 1.82) is 0 Å². The van der Waals surface area contributed by atoms with E-state index in [9.17, 15) is 18.0 Å². The van der Waals surface area contributed by atoms with Crippen molar-refractivity contribution >= 4 is 34.2 Å². The van der Waals surface area contributed by atoms with Gasteiger partial charge in [0, 0.05) is 20.4 Å². The second-order valence-corrected chi connectivity index (χ2v) is 8.48. The van der Waals surface area contributed by atoms with Crippen LogP contribution in [0.1, 0.15) is 26.7 Å². The van der Waals surface area contributed by atoms with Crippen LogP contribution in [0.3, 0.4) is 0 Å². The number of hydrogen-bond donors (Lipinski definition) is 0. The van der Waals surface area contributed by atoms with Gasteiger partial charge in [-0.2, -0.15) is 0 Å². The second kappa shape index (κ2) is 9.66. The fourth-order valence-corrected chi connectivity index (χ4v) is 2.26. The number of carbonyl (C=O) groups excluding carboxylic acids is 2. The van der Waals surface area contributed by atoms with Gasteiger partial charge in [-0.25, -0.2) is 26.6 Å². The average Bonchev–Trinajstić information content (AvgIpc) is 2.45. The number of amides is 2. The highest BCUT2D eigenvalue weighted by atomic mass is 32.2. The average molecular weight is 368 g/mol. The van der Waals surface area contributed by atoms with Gasteiger partial charge in [0.2, 0.25) is 0 Å². The molecule has 0 aliphatic heterocycles. The maximum Gasteiger partial charge on any atom is 0.426 e. The molecule has 0 rings (SSSR count). The molecular formula is C13H24N2O6S2. The van der Waals surface area contributed by atoms with Crippen LogP contribution in [-0.4, -0.2) is 61.4 Å². The second-order valence-electron chi connectivity index (χ2n) is 4.85. The molecule has 0 aliphatic rings. The van der Waals surface area contributed by atoms with Crippen LogP contribution < -0.4 is 0 Å². The zero-order chi connectivity index (χ0) is 18.2. The molecule has 0 bridgehead atoms. The van der Waals surface area contributed by atoms with E-state index in [1.807, 2.05) is 6.92 Å². The molecule has 0 radical (unpaired) electrons. The topological polar surface area (TPSA) is 93.2 Å². The standard InChI is InChI=1S/C13H24N2O6S2/c1-7-8-9-20-12(16)14(4)22-15(5)13(17)21-10(2)11(3)23(6,18)19/h11H,2,7-9H2,1,3-6H3. The van der Waals surface area contributed by atoms with Gasteiger partial charge in [0.15, 0.2) is 9.84 Å². The lowest BCUT2D eigenvalue weighted by Gasteiger charge is -2.22. The van der Waals surface area contributed by atoms with Gasteiger partial charge in [0.05, 0.1) is 18.7 Å². The summed E-state index contributed by atoms with van der Waals surface area (Å²) in [5.41, 5.74) is 0. The largest absolute Gasteiger partial charge is 0.449 e. The Morgan fingerprint density at radius 2 is 1.74 bits per heavy atom. The number of hydrogen-bond acceptors (Lipinski definition) is 7. The zero-order valence-corrected chi connectivity index (χ0v) is 15.7. The molecule has 0 aromatic heterocycles. The Hall–Kier alpha value is -1.42. The minimum absolute atomic E-state index is 0.182.